The average Bonchev–Trinajstić information content (AvgIpc) is 2.84. The van der Waals surface area contributed by atoms with E-state index in [1.165, 1.54) is 0 Å². The summed E-state index contributed by atoms with van der Waals surface area (Å²) in [6, 6.07) is 30.7. The van der Waals surface area contributed by atoms with Crippen LogP contribution in [0.3, 0.4) is 0 Å². The number of nitrogens with one attached hydrogen (secondary N) is 1. The first-order valence-electron chi connectivity index (χ1n) is 10.6. The number of carbonyl (C=O) groups is 2. The Morgan fingerprint density at radius 1 is 0.781 bits per heavy atom. The van der Waals surface area contributed by atoms with E-state index in [0.29, 0.717) is 13.1 Å². The molecule has 0 heterocycles. The van der Waals surface area contributed by atoms with E-state index in [0.717, 1.165) is 16.9 Å². The molecular weight excluding hydrogens is 400 g/mol. The quantitative estimate of drug-likeness (QED) is 0.486. The minimum atomic E-state index is -0.244. The summed E-state index contributed by atoms with van der Waals surface area (Å²) in [5.41, 5.74) is 5.57. The summed E-state index contributed by atoms with van der Waals surface area (Å²) in [4.78, 5) is 27.1. The van der Waals surface area contributed by atoms with E-state index in [9.17, 15) is 9.59 Å². The number of nitrogens with zero attached hydrogens (tertiary/aromatic N) is 3. The molecule has 0 unspecified atom stereocenters. The zero-order chi connectivity index (χ0) is 22.6. The molecule has 0 saturated carbocycles. The van der Waals surface area contributed by atoms with Crippen LogP contribution in [-0.4, -0.2) is 18.4 Å². The highest BCUT2D eigenvalue weighted by Crippen LogP contribution is 2.17. The summed E-state index contributed by atoms with van der Waals surface area (Å²) in [6.07, 6.45) is 0.332. The van der Waals surface area contributed by atoms with Crippen molar-refractivity contribution in [2.24, 2.45) is 0 Å². The number of hydrazine groups is 1. The number of hydrogen-bond acceptors (Lipinski definition) is 4. The maximum Gasteiger partial charge on any atom is 0.239 e. The van der Waals surface area contributed by atoms with Gasteiger partial charge in [-0.2, -0.15) is 5.26 Å². The van der Waals surface area contributed by atoms with Gasteiger partial charge in [-0.3, -0.25) is 20.0 Å². The molecule has 32 heavy (non-hydrogen) atoms. The van der Waals surface area contributed by atoms with E-state index in [1.807, 2.05) is 91.0 Å². The Hall–Kier alpha value is -4.11. The smallest absolute Gasteiger partial charge is 0.239 e. The summed E-state index contributed by atoms with van der Waals surface area (Å²) in [7, 11) is 0. The van der Waals surface area contributed by atoms with Crippen LogP contribution in [-0.2, 0) is 16.1 Å². The number of carbonyl (C=O) groups excluding carboxylic acids is 2. The van der Waals surface area contributed by atoms with Crippen molar-refractivity contribution in [3.63, 3.8) is 0 Å². The van der Waals surface area contributed by atoms with Gasteiger partial charge in [0.05, 0.1) is 24.7 Å². The summed E-state index contributed by atoms with van der Waals surface area (Å²) < 4.78 is 0. The Kier molecular flexibility index (Phi) is 8.41. The highest BCUT2D eigenvalue weighted by atomic mass is 16.2. The van der Waals surface area contributed by atoms with Crippen molar-refractivity contribution in [3.8, 4) is 6.07 Å². The predicted molar refractivity (Wildman–Crippen MR) is 125 cm³/mol. The molecule has 0 fully saturated rings. The number of para-hydroxylation sites is 2. The number of nitriles is 1. The lowest BCUT2D eigenvalue weighted by molar-refractivity contribution is -0.125. The molecule has 0 bridgehead atoms. The molecule has 0 spiro atoms. The number of hydrogen-bond donors (Lipinski definition) is 1. The molecular formula is C26H26N4O2. The van der Waals surface area contributed by atoms with Crippen LogP contribution in [0, 0.1) is 11.3 Å². The lowest BCUT2D eigenvalue weighted by atomic mass is 10.2. The van der Waals surface area contributed by atoms with Gasteiger partial charge >= 0.3 is 0 Å². The average molecular weight is 427 g/mol. The fourth-order valence-corrected chi connectivity index (χ4v) is 3.30. The van der Waals surface area contributed by atoms with Crippen molar-refractivity contribution >= 4 is 23.2 Å². The van der Waals surface area contributed by atoms with Gasteiger partial charge < -0.3 is 4.90 Å². The molecule has 3 aromatic rings. The maximum absolute atomic E-state index is 12.8. The van der Waals surface area contributed by atoms with Gasteiger partial charge in [-0.1, -0.05) is 66.7 Å². The minimum Gasteiger partial charge on any atom is -0.311 e. The SMILES string of the molecule is N#CCCN(C(=O)CCC(=O)NN(Cc1ccccc1)c1ccccc1)c1ccccc1. The predicted octanol–water partition coefficient (Wildman–Crippen LogP) is 4.45. The van der Waals surface area contributed by atoms with Gasteiger partial charge in [0, 0.05) is 25.1 Å². The first-order chi connectivity index (χ1) is 15.7. The molecule has 0 radical (unpaired) electrons. The number of rotatable bonds is 10. The second-order valence-electron chi connectivity index (χ2n) is 7.23. The molecule has 3 aromatic carbocycles. The molecule has 0 saturated heterocycles. The molecule has 0 aromatic heterocycles. The lowest BCUT2D eigenvalue weighted by Crippen LogP contribution is -2.42. The van der Waals surface area contributed by atoms with Crippen molar-refractivity contribution in [3.05, 3.63) is 96.6 Å². The zero-order valence-corrected chi connectivity index (χ0v) is 17.9. The van der Waals surface area contributed by atoms with Crippen LogP contribution in [0.1, 0.15) is 24.8 Å². The van der Waals surface area contributed by atoms with Crippen LogP contribution in [0.2, 0.25) is 0 Å². The van der Waals surface area contributed by atoms with E-state index in [1.54, 1.807) is 9.91 Å². The first-order valence-corrected chi connectivity index (χ1v) is 10.6. The van der Waals surface area contributed by atoms with E-state index >= 15 is 0 Å². The Morgan fingerprint density at radius 2 is 1.34 bits per heavy atom. The first kappa shape index (κ1) is 22.6. The van der Waals surface area contributed by atoms with Gasteiger partial charge in [-0.15, -0.1) is 0 Å². The third-order valence-electron chi connectivity index (χ3n) is 4.89. The fraction of sp³-hybridized carbons (Fsp3) is 0.192. The van der Waals surface area contributed by atoms with Crippen LogP contribution >= 0.6 is 0 Å². The van der Waals surface area contributed by atoms with Crippen LogP contribution < -0.4 is 15.3 Å². The molecule has 1 N–H and O–H groups in total. The second kappa shape index (κ2) is 11.9. The van der Waals surface area contributed by atoms with Crippen molar-refractivity contribution in [2.45, 2.75) is 25.8 Å². The number of amides is 2. The standard InChI is InChI=1S/C26H26N4O2/c27-19-10-20-29(23-13-6-2-7-14-23)26(32)18-17-25(31)28-30(24-15-8-3-9-16-24)21-22-11-4-1-5-12-22/h1-9,11-16H,10,17-18,20-21H2,(H,28,31). The highest BCUT2D eigenvalue weighted by Gasteiger charge is 2.18. The monoisotopic (exact) mass is 426 g/mol. The third-order valence-corrected chi connectivity index (χ3v) is 4.89. The van der Waals surface area contributed by atoms with Crippen LogP contribution in [0.4, 0.5) is 11.4 Å². The molecule has 6 nitrogen and oxygen atoms in total. The van der Waals surface area contributed by atoms with E-state index in [4.69, 9.17) is 5.26 Å². The minimum absolute atomic E-state index is 0.0485. The normalized spacial score (nSPS) is 10.1. The third kappa shape index (κ3) is 6.71. The maximum atomic E-state index is 12.8. The summed E-state index contributed by atoms with van der Waals surface area (Å²) in [6.45, 7) is 0.800. The largest absolute Gasteiger partial charge is 0.311 e. The van der Waals surface area contributed by atoms with Crippen LogP contribution in [0.25, 0.3) is 0 Å². The zero-order valence-electron chi connectivity index (χ0n) is 17.9. The molecule has 0 atom stereocenters. The van der Waals surface area contributed by atoms with Gasteiger partial charge in [0.15, 0.2) is 0 Å². The molecule has 0 aliphatic rings. The molecule has 0 aliphatic carbocycles. The van der Waals surface area contributed by atoms with Crippen molar-refractivity contribution in [2.75, 3.05) is 16.5 Å². The Bertz CT molecular complexity index is 1030. The van der Waals surface area contributed by atoms with Gasteiger partial charge in [-0.05, 0) is 29.8 Å². The van der Waals surface area contributed by atoms with Crippen LogP contribution in [0.5, 0.6) is 0 Å². The van der Waals surface area contributed by atoms with Crippen LogP contribution in [0.15, 0.2) is 91.0 Å². The lowest BCUT2D eigenvalue weighted by Gasteiger charge is -2.26. The van der Waals surface area contributed by atoms with Gasteiger partial charge in [0.2, 0.25) is 11.8 Å². The van der Waals surface area contributed by atoms with Gasteiger partial charge in [0.1, 0.15) is 0 Å². The Morgan fingerprint density at radius 3 is 1.94 bits per heavy atom. The topological polar surface area (TPSA) is 76.4 Å². The van der Waals surface area contributed by atoms with E-state index < -0.39 is 0 Å². The molecule has 162 valence electrons. The molecule has 6 heteroatoms. The summed E-state index contributed by atoms with van der Waals surface area (Å²) in [5.74, 6) is -0.428. The second-order valence-corrected chi connectivity index (χ2v) is 7.23. The molecule has 0 aliphatic heterocycles. The summed E-state index contributed by atoms with van der Waals surface area (Å²) in [5, 5.41) is 10.7. The van der Waals surface area contributed by atoms with E-state index in [2.05, 4.69) is 11.5 Å². The highest BCUT2D eigenvalue weighted by molar-refractivity contribution is 5.95. The Balaban J connectivity index is 1.63. The molecule has 2 amide bonds. The van der Waals surface area contributed by atoms with Crippen molar-refractivity contribution in [1.82, 2.24) is 5.43 Å². The fourth-order valence-electron chi connectivity index (χ4n) is 3.30. The number of benzene rings is 3. The van der Waals surface area contributed by atoms with E-state index in [-0.39, 0.29) is 31.1 Å². The van der Waals surface area contributed by atoms with Crippen molar-refractivity contribution in [1.29, 1.82) is 5.26 Å². The Labute approximate surface area is 188 Å². The van der Waals surface area contributed by atoms with Gasteiger partial charge in [0.25, 0.3) is 0 Å². The number of anilines is 2. The molecule has 3 rings (SSSR count). The van der Waals surface area contributed by atoms with Crippen molar-refractivity contribution < 1.29 is 9.59 Å². The van der Waals surface area contributed by atoms with Gasteiger partial charge in [-0.25, -0.2) is 0 Å². The summed E-state index contributed by atoms with van der Waals surface area (Å²) >= 11 is 0.